The van der Waals surface area contributed by atoms with Crippen LogP contribution in [-0.2, 0) is 6.54 Å². The minimum atomic E-state index is -0.593. The monoisotopic (exact) mass is 253 g/mol. The molecule has 0 aliphatic carbocycles. The van der Waals surface area contributed by atoms with Gasteiger partial charge in [-0.1, -0.05) is 6.07 Å². The maximum absolute atomic E-state index is 13.2. The van der Waals surface area contributed by atoms with Crippen molar-refractivity contribution in [1.82, 2.24) is 4.57 Å². The largest absolute Gasteiger partial charge is 0.310 e. The molecule has 19 heavy (non-hydrogen) atoms. The van der Waals surface area contributed by atoms with Crippen molar-refractivity contribution >= 4 is 0 Å². The molecule has 2 aromatic rings. The molecule has 0 unspecified atom stereocenters. The quantitative estimate of drug-likeness (QED) is 0.819. The first kappa shape index (κ1) is 12.5. The van der Waals surface area contributed by atoms with Gasteiger partial charge in [-0.25, -0.2) is 4.39 Å². The van der Waals surface area contributed by atoms with Crippen LogP contribution in [0.25, 0.3) is 0 Å². The van der Waals surface area contributed by atoms with Gasteiger partial charge in [-0.2, -0.15) is 10.5 Å². The van der Waals surface area contributed by atoms with Gasteiger partial charge in [0.1, 0.15) is 23.5 Å². The number of hydrogen-bond donors (Lipinski definition) is 0. The molecule has 92 valence electrons. The van der Waals surface area contributed by atoms with E-state index in [1.54, 1.807) is 18.3 Å². The maximum atomic E-state index is 13.2. The lowest BCUT2D eigenvalue weighted by Crippen LogP contribution is -2.22. The van der Waals surface area contributed by atoms with Crippen molar-refractivity contribution in [3.8, 4) is 12.1 Å². The Kier molecular flexibility index (Phi) is 3.40. The molecular formula is C14H8FN3O. The van der Waals surface area contributed by atoms with Crippen LogP contribution < -0.4 is 5.56 Å². The normalized spacial score (nSPS) is 9.63. The summed E-state index contributed by atoms with van der Waals surface area (Å²) in [7, 11) is 0. The molecule has 0 atom stereocenters. The van der Waals surface area contributed by atoms with Crippen molar-refractivity contribution < 1.29 is 4.39 Å². The Morgan fingerprint density at radius 1 is 1.16 bits per heavy atom. The van der Waals surface area contributed by atoms with E-state index in [0.29, 0.717) is 5.56 Å². The summed E-state index contributed by atoms with van der Waals surface area (Å²) in [5.74, 6) is -0.593. The Morgan fingerprint density at radius 2 is 1.89 bits per heavy atom. The Labute approximate surface area is 108 Å². The molecule has 0 fully saturated rings. The zero-order valence-corrected chi connectivity index (χ0v) is 9.80. The first-order valence-electron chi connectivity index (χ1n) is 5.44. The van der Waals surface area contributed by atoms with Gasteiger partial charge in [0.2, 0.25) is 0 Å². The Hall–Kier alpha value is -2.92. The summed E-state index contributed by atoms with van der Waals surface area (Å²) in [5.41, 5.74) is 0.190. The van der Waals surface area contributed by atoms with Crippen molar-refractivity contribution in [2.24, 2.45) is 0 Å². The zero-order valence-electron chi connectivity index (χ0n) is 9.80. The summed E-state index contributed by atoms with van der Waals surface area (Å²) in [6.07, 6.45) is 1.54. The number of benzene rings is 1. The van der Waals surface area contributed by atoms with E-state index in [4.69, 9.17) is 10.5 Å². The summed E-state index contributed by atoms with van der Waals surface area (Å²) in [6, 6.07) is 10.7. The van der Waals surface area contributed by atoms with Crippen LogP contribution >= 0.6 is 0 Å². The topological polar surface area (TPSA) is 69.6 Å². The molecule has 5 heteroatoms. The van der Waals surface area contributed by atoms with Crippen LogP contribution in [0.3, 0.4) is 0 Å². The predicted molar refractivity (Wildman–Crippen MR) is 65.6 cm³/mol. The van der Waals surface area contributed by atoms with Crippen molar-refractivity contribution in [2.45, 2.75) is 6.54 Å². The van der Waals surface area contributed by atoms with E-state index in [1.165, 1.54) is 28.8 Å². The number of halogens is 1. The molecule has 1 aromatic heterocycles. The summed E-state index contributed by atoms with van der Waals surface area (Å²) < 4.78 is 14.5. The first-order chi connectivity index (χ1) is 9.15. The average Bonchev–Trinajstić information content (AvgIpc) is 2.43. The number of nitriles is 2. The lowest BCUT2D eigenvalue weighted by atomic mass is 10.1. The van der Waals surface area contributed by atoms with E-state index in [2.05, 4.69) is 0 Å². The SMILES string of the molecule is N#Cc1cc(Cn2cccc(C#N)c2=O)ccc1F. The lowest BCUT2D eigenvalue weighted by Gasteiger charge is -2.06. The van der Waals surface area contributed by atoms with Gasteiger partial charge in [-0.15, -0.1) is 0 Å². The highest BCUT2D eigenvalue weighted by Crippen LogP contribution is 2.10. The third kappa shape index (κ3) is 2.51. The fourth-order valence-corrected chi connectivity index (χ4v) is 1.70. The highest BCUT2D eigenvalue weighted by Gasteiger charge is 2.06. The minimum absolute atomic E-state index is 0.0464. The first-order valence-corrected chi connectivity index (χ1v) is 5.44. The van der Waals surface area contributed by atoms with Gasteiger partial charge >= 0.3 is 0 Å². The summed E-state index contributed by atoms with van der Waals surface area (Å²) >= 11 is 0. The second-order valence-electron chi connectivity index (χ2n) is 3.89. The molecule has 0 spiro atoms. The Balaban J connectivity index is 2.41. The van der Waals surface area contributed by atoms with E-state index < -0.39 is 11.4 Å². The highest BCUT2D eigenvalue weighted by atomic mass is 19.1. The van der Waals surface area contributed by atoms with Crippen LogP contribution in [-0.4, -0.2) is 4.57 Å². The maximum Gasteiger partial charge on any atom is 0.268 e. The van der Waals surface area contributed by atoms with Crippen LogP contribution in [0.5, 0.6) is 0 Å². The number of aromatic nitrogens is 1. The standard InChI is InChI=1S/C14H8FN3O/c15-13-4-3-10(6-12(13)8-17)9-18-5-1-2-11(7-16)14(18)19/h1-6H,9H2. The van der Waals surface area contributed by atoms with Crippen LogP contribution in [0.2, 0.25) is 0 Å². The molecule has 0 aliphatic rings. The van der Waals surface area contributed by atoms with Crippen LogP contribution in [0.1, 0.15) is 16.7 Å². The molecule has 1 aromatic carbocycles. The summed E-state index contributed by atoms with van der Waals surface area (Å²) in [6.45, 7) is 0.184. The third-order valence-electron chi connectivity index (χ3n) is 2.64. The average molecular weight is 253 g/mol. The highest BCUT2D eigenvalue weighted by molar-refractivity contribution is 5.34. The van der Waals surface area contributed by atoms with Gasteiger partial charge in [0.15, 0.2) is 0 Å². The van der Waals surface area contributed by atoms with Gasteiger partial charge < -0.3 is 4.57 Å². The Morgan fingerprint density at radius 3 is 2.58 bits per heavy atom. The smallest absolute Gasteiger partial charge is 0.268 e. The van der Waals surface area contributed by atoms with E-state index in [0.717, 1.165) is 0 Å². The molecule has 0 bridgehead atoms. The third-order valence-corrected chi connectivity index (χ3v) is 2.64. The molecule has 1 heterocycles. The number of nitrogens with zero attached hydrogens (tertiary/aromatic N) is 3. The zero-order chi connectivity index (χ0) is 13.8. The van der Waals surface area contributed by atoms with E-state index in [9.17, 15) is 9.18 Å². The second kappa shape index (κ2) is 5.16. The fraction of sp³-hybridized carbons (Fsp3) is 0.0714. The Bertz CT molecular complexity index is 765. The molecule has 0 N–H and O–H groups in total. The number of pyridine rings is 1. The van der Waals surface area contributed by atoms with Gasteiger partial charge in [0.25, 0.3) is 5.56 Å². The minimum Gasteiger partial charge on any atom is -0.310 e. The molecular weight excluding hydrogens is 245 g/mol. The van der Waals surface area contributed by atoms with E-state index in [1.807, 2.05) is 6.07 Å². The predicted octanol–water partition coefficient (Wildman–Crippen LogP) is 1.78. The van der Waals surface area contributed by atoms with Crippen molar-refractivity contribution in [3.63, 3.8) is 0 Å². The molecule has 0 radical (unpaired) electrons. The van der Waals surface area contributed by atoms with Gasteiger partial charge in [-0.3, -0.25) is 4.79 Å². The van der Waals surface area contributed by atoms with Gasteiger partial charge in [0, 0.05) is 6.20 Å². The molecule has 4 nitrogen and oxygen atoms in total. The number of rotatable bonds is 2. The van der Waals surface area contributed by atoms with E-state index in [-0.39, 0.29) is 17.7 Å². The van der Waals surface area contributed by atoms with Crippen molar-refractivity contribution in [1.29, 1.82) is 10.5 Å². The summed E-state index contributed by atoms with van der Waals surface area (Å²) in [5, 5.41) is 17.5. The molecule has 0 saturated carbocycles. The molecule has 2 rings (SSSR count). The second-order valence-corrected chi connectivity index (χ2v) is 3.89. The fourth-order valence-electron chi connectivity index (χ4n) is 1.70. The molecule has 0 saturated heterocycles. The van der Waals surface area contributed by atoms with Crippen molar-refractivity contribution in [2.75, 3.05) is 0 Å². The van der Waals surface area contributed by atoms with Gasteiger partial charge in [0.05, 0.1) is 12.1 Å². The molecule has 0 aliphatic heterocycles. The van der Waals surface area contributed by atoms with Gasteiger partial charge in [-0.05, 0) is 29.8 Å². The van der Waals surface area contributed by atoms with Crippen LogP contribution in [0, 0.1) is 28.5 Å². The summed E-state index contributed by atoms with van der Waals surface area (Å²) in [4.78, 5) is 11.8. The molecule has 0 amide bonds. The van der Waals surface area contributed by atoms with Crippen LogP contribution in [0.4, 0.5) is 4.39 Å². The van der Waals surface area contributed by atoms with Crippen molar-refractivity contribution in [3.05, 3.63) is 69.4 Å². The lowest BCUT2D eigenvalue weighted by molar-refractivity contribution is 0.622. The van der Waals surface area contributed by atoms with Crippen LogP contribution in [0.15, 0.2) is 41.3 Å². The van der Waals surface area contributed by atoms with E-state index >= 15 is 0 Å². The number of hydrogen-bond acceptors (Lipinski definition) is 3.